The van der Waals surface area contributed by atoms with E-state index in [0.717, 1.165) is 27.7 Å². The van der Waals surface area contributed by atoms with Gasteiger partial charge in [-0.2, -0.15) is 0 Å². The number of esters is 4. The Morgan fingerprint density at radius 2 is 1.39 bits per heavy atom. The van der Waals surface area contributed by atoms with E-state index in [-0.39, 0.29) is 6.42 Å². The minimum absolute atomic E-state index is 0.00294. The minimum atomic E-state index is -2.01. The van der Waals surface area contributed by atoms with Crippen LogP contribution in [-0.4, -0.2) is 82.7 Å². The number of carbonyl (C=O) groups excluding carboxylic acids is 5. The SMILES string of the molecule is CCC(=O)[C@](C)(O)[C@@H](Br)O[C@@H]1O[C@H](COC(C)=O)[C@@H](OC(C)=O)[C@H](OC(C)=O)[C@H]1OC(C)=O. The molecule has 0 unspecified atom stereocenters. The van der Waals surface area contributed by atoms with E-state index >= 15 is 0 Å². The van der Waals surface area contributed by atoms with Crippen LogP contribution in [0.1, 0.15) is 48.0 Å². The number of rotatable bonds is 10. The first kappa shape index (κ1) is 28.9. The van der Waals surface area contributed by atoms with Crippen LogP contribution in [0.25, 0.3) is 0 Å². The first-order valence-electron chi connectivity index (χ1n) is 10.1. The highest BCUT2D eigenvalue weighted by Gasteiger charge is 2.54. The highest BCUT2D eigenvalue weighted by molar-refractivity contribution is 9.09. The predicted octanol–water partition coefficient (Wildman–Crippen LogP) is 0.537. The lowest BCUT2D eigenvalue weighted by atomic mass is 9.97. The molecule has 0 aromatic heterocycles. The molecule has 0 amide bonds. The van der Waals surface area contributed by atoms with Crippen molar-refractivity contribution in [3.8, 4) is 0 Å². The Morgan fingerprint density at radius 3 is 1.85 bits per heavy atom. The van der Waals surface area contributed by atoms with Crippen molar-refractivity contribution in [3.05, 3.63) is 0 Å². The summed E-state index contributed by atoms with van der Waals surface area (Å²) >= 11 is 3.09. The van der Waals surface area contributed by atoms with Gasteiger partial charge in [-0.1, -0.05) is 22.9 Å². The molecule has 12 nitrogen and oxygen atoms in total. The molecule has 0 spiro atoms. The number of ether oxygens (including phenoxy) is 6. The highest BCUT2D eigenvalue weighted by atomic mass is 79.9. The van der Waals surface area contributed by atoms with E-state index in [9.17, 15) is 29.1 Å². The molecule has 1 rings (SSSR count). The molecule has 0 radical (unpaired) electrons. The van der Waals surface area contributed by atoms with Gasteiger partial charge >= 0.3 is 23.9 Å². The lowest BCUT2D eigenvalue weighted by Crippen LogP contribution is -2.64. The Kier molecular flexibility index (Phi) is 10.9. The third kappa shape index (κ3) is 8.32. The van der Waals surface area contributed by atoms with Crippen LogP contribution in [0.5, 0.6) is 0 Å². The normalized spacial score (nSPS) is 27.5. The Bertz CT molecular complexity index is 751. The average molecular weight is 541 g/mol. The van der Waals surface area contributed by atoms with Crippen molar-refractivity contribution in [3.63, 3.8) is 0 Å². The van der Waals surface area contributed by atoms with E-state index in [0.29, 0.717) is 0 Å². The summed E-state index contributed by atoms with van der Waals surface area (Å²) in [6.45, 7) is 6.73. The van der Waals surface area contributed by atoms with Crippen LogP contribution in [0.4, 0.5) is 0 Å². The van der Waals surface area contributed by atoms with Crippen molar-refractivity contribution in [1.29, 1.82) is 0 Å². The molecule has 0 aromatic rings. The second kappa shape index (κ2) is 12.4. The zero-order valence-electron chi connectivity index (χ0n) is 19.2. The van der Waals surface area contributed by atoms with Crippen molar-refractivity contribution in [2.45, 2.75) is 89.3 Å². The summed E-state index contributed by atoms with van der Waals surface area (Å²) in [5, 5.41) is 9.22. The molecule has 1 heterocycles. The van der Waals surface area contributed by atoms with E-state index in [1.165, 1.54) is 6.92 Å². The van der Waals surface area contributed by atoms with E-state index < -0.39 is 77.6 Å². The summed E-state index contributed by atoms with van der Waals surface area (Å²) in [6, 6.07) is 0. The van der Waals surface area contributed by atoms with Crippen LogP contribution in [0, 0.1) is 0 Å². The smallest absolute Gasteiger partial charge is 0.303 e. The molecule has 0 aliphatic carbocycles. The topological polar surface area (TPSA) is 161 Å². The molecule has 1 aliphatic heterocycles. The van der Waals surface area contributed by atoms with Crippen molar-refractivity contribution >= 4 is 45.6 Å². The Labute approximate surface area is 199 Å². The van der Waals surface area contributed by atoms with Crippen molar-refractivity contribution in [1.82, 2.24) is 0 Å². The zero-order valence-corrected chi connectivity index (χ0v) is 20.8. The largest absolute Gasteiger partial charge is 0.463 e. The van der Waals surface area contributed by atoms with Gasteiger partial charge in [0.1, 0.15) is 12.7 Å². The van der Waals surface area contributed by atoms with Crippen LogP contribution in [-0.2, 0) is 52.4 Å². The molecule has 0 aromatic carbocycles. The fourth-order valence-electron chi connectivity index (χ4n) is 3.03. The van der Waals surface area contributed by atoms with Crippen LogP contribution in [0.3, 0.4) is 0 Å². The monoisotopic (exact) mass is 540 g/mol. The molecule has 188 valence electrons. The Balaban J connectivity index is 3.41. The number of ketones is 1. The molecule has 1 fully saturated rings. The fraction of sp³-hybridized carbons (Fsp3) is 0.750. The van der Waals surface area contributed by atoms with Crippen LogP contribution >= 0.6 is 15.9 Å². The van der Waals surface area contributed by atoms with Gasteiger partial charge in [0.15, 0.2) is 34.7 Å². The van der Waals surface area contributed by atoms with Crippen molar-refractivity contribution in [2.24, 2.45) is 0 Å². The lowest BCUT2D eigenvalue weighted by molar-refractivity contribution is -0.316. The maximum Gasteiger partial charge on any atom is 0.303 e. The third-order valence-electron chi connectivity index (χ3n) is 4.53. The van der Waals surface area contributed by atoms with Crippen LogP contribution in [0.2, 0.25) is 0 Å². The van der Waals surface area contributed by atoms with Gasteiger partial charge in [0, 0.05) is 34.1 Å². The molecule has 0 bridgehead atoms. The summed E-state index contributed by atoms with van der Waals surface area (Å²) < 4.78 is 32.2. The molecule has 0 saturated carbocycles. The number of aliphatic hydroxyl groups is 1. The van der Waals surface area contributed by atoms with E-state index in [1.807, 2.05) is 0 Å². The lowest BCUT2D eigenvalue weighted by Gasteiger charge is -2.45. The summed E-state index contributed by atoms with van der Waals surface area (Å²) in [7, 11) is 0. The zero-order chi connectivity index (χ0) is 25.5. The molecular weight excluding hydrogens is 512 g/mol. The van der Waals surface area contributed by atoms with E-state index in [2.05, 4.69) is 15.9 Å². The van der Waals surface area contributed by atoms with Gasteiger partial charge in [-0.25, -0.2) is 0 Å². The number of carbonyl (C=O) groups is 5. The van der Waals surface area contributed by atoms with Gasteiger partial charge in [-0.3, -0.25) is 24.0 Å². The molecule has 13 heteroatoms. The van der Waals surface area contributed by atoms with Gasteiger partial charge in [0.05, 0.1) is 0 Å². The maximum absolute atomic E-state index is 12.1. The van der Waals surface area contributed by atoms with Gasteiger partial charge in [-0.05, 0) is 6.92 Å². The molecule has 1 aliphatic rings. The van der Waals surface area contributed by atoms with Crippen LogP contribution in [0.15, 0.2) is 0 Å². The molecular formula is C20H29BrO12. The van der Waals surface area contributed by atoms with E-state index in [4.69, 9.17) is 28.4 Å². The van der Waals surface area contributed by atoms with Gasteiger partial charge in [0.2, 0.25) is 6.29 Å². The second-order valence-electron chi connectivity index (χ2n) is 7.44. The highest BCUT2D eigenvalue weighted by Crippen LogP contribution is 2.33. The molecule has 1 saturated heterocycles. The molecule has 1 N–H and O–H groups in total. The van der Waals surface area contributed by atoms with Gasteiger partial charge in [0.25, 0.3) is 0 Å². The number of hydrogen-bond acceptors (Lipinski definition) is 12. The Hall–Kier alpha value is -2.09. The van der Waals surface area contributed by atoms with Crippen molar-refractivity contribution in [2.75, 3.05) is 6.61 Å². The summed E-state index contributed by atoms with van der Waals surface area (Å²) in [5.41, 5.74) is -2.01. The second-order valence-corrected chi connectivity index (χ2v) is 8.28. The third-order valence-corrected chi connectivity index (χ3v) is 5.64. The summed E-state index contributed by atoms with van der Waals surface area (Å²) in [5.74, 6) is -3.61. The predicted molar refractivity (Wildman–Crippen MR) is 112 cm³/mol. The summed E-state index contributed by atoms with van der Waals surface area (Å²) in [6.07, 6.45) is -7.01. The van der Waals surface area contributed by atoms with Crippen molar-refractivity contribution < 1.29 is 57.5 Å². The number of hydrogen-bond donors (Lipinski definition) is 1. The minimum Gasteiger partial charge on any atom is -0.463 e. The maximum atomic E-state index is 12.1. The summed E-state index contributed by atoms with van der Waals surface area (Å²) in [4.78, 5) is 58.8. The first-order valence-corrected chi connectivity index (χ1v) is 11.0. The van der Waals surface area contributed by atoms with E-state index in [1.54, 1.807) is 6.92 Å². The number of Topliss-reactive ketones (excluding diaryl/α,β-unsaturated/α-hetero) is 1. The van der Waals surface area contributed by atoms with Gasteiger partial charge in [-0.15, -0.1) is 0 Å². The standard InChI is InChI=1S/C20H29BrO12/c1-7-14(26)20(6,27)19(21)33-18-17(31-12(5)25)16(30-11(4)24)15(29-10(3)23)13(32-18)8-28-9(2)22/h13,15-19,27H,7-8H2,1-6H3/t13-,15-,16+,17-,18+,19+,20+/m1/s1. The molecule has 7 atom stereocenters. The quantitative estimate of drug-likeness (QED) is 0.233. The Morgan fingerprint density at radius 1 is 0.909 bits per heavy atom. The average Bonchev–Trinajstić information content (AvgIpc) is 2.68. The number of halogens is 1. The van der Waals surface area contributed by atoms with Gasteiger partial charge < -0.3 is 33.5 Å². The number of alkyl halides is 1. The van der Waals surface area contributed by atoms with Crippen LogP contribution < -0.4 is 0 Å². The first-order chi connectivity index (χ1) is 15.2. The molecule has 33 heavy (non-hydrogen) atoms. The fourth-order valence-corrected chi connectivity index (χ4v) is 3.50.